The molecule has 3 N–H and O–H groups in total. The normalized spacial score (nSPS) is 9.08. The van der Waals surface area contributed by atoms with E-state index in [1.807, 2.05) is 0 Å². The number of benzene rings is 3. The number of carboxylic acid groups (broad SMARTS) is 3. The van der Waals surface area contributed by atoms with E-state index in [0.29, 0.717) is 0 Å². The van der Waals surface area contributed by atoms with Crippen molar-refractivity contribution in [3.8, 4) is 0 Å². The molecule has 0 amide bonds. The molecule has 3 aromatic carbocycles. The van der Waals surface area contributed by atoms with Gasteiger partial charge in [0, 0.05) is 67.6 Å². The molecule has 1 radical (unpaired) electrons. The number of para-hydroxylation sites is 3. The second-order valence-electron chi connectivity index (χ2n) is 6.24. The van der Waals surface area contributed by atoms with Gasteiger partial charge in [0.1, 0.15) is 16.7 Å². The molecule has 193 valence electrons. The summed E-state index contributed by atoms with van der Waals surface area (Å²) in [6, 6.07) is 15.6. The van der Waals surface area contributed by atoms with Crippen molar-refractivity contribution >= 4 is 35.0 Å². The summed E-state index contributed by atoms with van der Waals surface area (Å²) in [6.45, 7) is 0. The monoisotopic (exact) mass is 654 g/mol. The van der Waals surface area contributed by atoms with Crippen LogP contribution < -0.4 is 0 Å². The zero-order valence-electron chi connectivity index (χ0n) is 18.2. The van der Waals surface area contributed by atoms with E-state index in [9.17, 15) is 44.7 Å². The number of carboxylic acids is 3. The Balaban J connectivity index is 0.000000518. The van der Waals surface area contributed by atoms with Crippen LogP contribution in [-0.2, 0) is 0 Å². The molecule has 37 heavy (non-hydrogen) atoms. The Morgan fingerprint density at radius 1 is 0.486 bits per heavy atom. The van der Waals surface area contributed by atoms with Gasteiger partial charge in [0.2, 0.25) is 0 Å². The first-order chi connectivity index (χ1) is 16.9. The van der Waals surface area contributed by atoms with E-state index in [0.717, 1.165) is 18.2 Å². The number of nitro groups is 3. The molecule has 0 saturated heterocycles. The Hall–Kier alpha value is -4.15. The van der Waals surface area contributed by atoms with E-state index < -0.39 is 32.7 Å². The average Bonchev–Trinajstić information content (AvgIpc) is 2.84. The molecule has 15 nitrogen and oxygen atoms in total. The second kappa shape index (κ2) is 15.8. The molecule has 0 aliphatic rings. The van der Waals surface area contributed by atoms with Crippen LogP contribution in [0.5, 0.6) is 0 Å². The van der Waals surface area contributed by atoms with Gasteiger partial charge in [-0.2, -0.15) is 0 Å². The van der Waals surface area contributed by atoms with Gasteiger partial charge in [-0.05, 0) is 18.2 Å². The van der Waals surface area contributed by atoms with Gasteiger partial charge in [0.15, 0.2) is 0 Å². The Labute approximate surface area is 247 Å². The third-order valence-corrected chi connectivity index (χ3v) is 3.99. The van der Waals surface area contributed by atoms with Crippen molar-refractivity contribution in [2.75, 3.05) is 0 Å². The first-order valence-electron chi connectivity index (χ1n) is 9.28. The van der Waals surface area contributed by atoms with Crippen molar-refractivity contribution in [3.05, 3.63) is 120 Å². The van der Waals surface area contributed by atoms with Gasteiger partial charge in [-0.15, -0.1) is 0 Å². The van der Waals surface area contributed by atoms with Gasteiger partial charge in [-0.1, -0.05) is 36.4 Å². The first-order valence-corrected chi connectivity index (χ1v) is 9.28. The summed E-state index contributed by atoms with van der Waals surface area (Å²) < 4.78 is 0. The summed E-state index contributed by atoms with van der Waals surface area (Å²) in [4.78, 5) is 59.9. The van der Waals surface area contributed by atoms with Crippen molar-refractivity contribution in [1.82, 2.24) is 0 Å². The molecule has 0 atom stereocenters. The molecule has 0 bridgehead atoms. The minimum absolute atomic E-state index is 0. The molecule has 0 aliphatic carbocycles. The molecular weight excluding hydrogens is 638 g/mol. The van der Waals surface area contributed by atoms with Gasteiger partial charge >= 0.3 is 17.9 Å². The first kappa shape index (κ1) is 32.9. The third kappa shape index (κ3) is 10.2. The van der Waals surface area contributed by atoms with Gasteiger partial charge in [-0.25, -0.2) is 14.4 Å². The third-order valence-electron chi connectivity index (χ3n) is 3.99. The Morgan fingerprint density at radius 2 is 0.676 bits per heavy atom. The smallest absolute Gasteiger partial charge is 0.342 e. The van der Waals surface area contributed by atoms with E-state index in [4.69, 9.17) is 15.3 Å². The van der Waals surface area contributed by atoms with Crippen LogP contribution in [0.3, 0.4) is 0 Å². The van der Waals surface area contributed by atoms with Gasteiger partial charge in [0.25, 0.3) is 17.1 Å². The largest absolute Gasteiger partial charge is 0.477 e. The fourth-order valence-corrected chi connectivity index (χ4v) is 2.44. The molecule has 16 heteroatoms. The summed E-state index contributed by atoms with van der Waals surface area (Å²) >= 11 is 0. The van der Waals surface area contributed by atoms with Crippen LogP contribution in [-0.4, -0.2) is 48.0 Å². The number of rotatable bonds is 6. The van der Waals surface area contributed by atoms with Gasteiger partial charge in [0.05, 0.1) is 14.8 Å². The summed E-state index contributed by atoms with van der Waals surface area (Å²) in [5.41, 5.74) is -2.02. The van der Waals surface area contributed by atoms with E-state index in [2.05, 4.69) is 0 Å². The summed E-state index contributed by atoms with van der Waals surface area (Å²) in [5, 5.41) is 56.3. The standard InChI is InChI=1S/3C7H5NO4.Eu/c3*9-7(10)5-3-1-2-4-6(5)8(11)12;/h3*1-4H,(H,9,10);. The predicted molar refractivity (Wildman–Crippen MR) is 120 cm³/mol. The fraction of sp³-hybridized carbons (Fsp3) is 0. The molecule has 0 saturated carbocycles. The summed E-state index contributed by atoms with van der Waals surface area (Å²) in [6.07, 6.45) is 0. The van der Waals surface area contributed by atoms with Crippen LogP contribution in [0.15, 0.2) is 72.8 Å². The van der Waals surface area contributed by atoms with Crippen LogP contribution >= 0.6 is 0 Å². The molecular formula is C21H15EuN3O12. The zero-order valence-corrected chi connectivity index (χ0v) is 20.6. The van der Waals surface area contributed by atoms with Crippen LogP contribution in [0.25, 0.3) is 0 Å². The molecule has 0 fully saturated rings. The average molecular weight is 653 g/mol. The zero-order chi connectivity index (χ0) is 27.4. The van der Waals surface area contributed by atoms with Gasteiger partial charge in [-0.3, -0.25) is 30.3 Å². The van der Waals surface area contributed by atoms with Crippen molar-refractivity contribution < 1.29 is 93.8 Å². The molecule has 0 aliphatic heterocycles. The molecule has 0 unspecified atom stereocenters. The number of hydrogen-bond donors (Lipinski definition) is 3. The molecule has 0 heterocycles. The maximum Gasteiger partial charge on any atom is 0.342 e. The summed E-state index contributed by atoms with van der Waals surface area (Å²) in [5.74, 6) is -3.87. The van der Waals surface area contributed by atoms with Crippen molar-refractivity contribution in [2.24, 2.45) is 0 Å². The van der Waals surface area contributed by atoms with E-state index in [-0.39, 0.29) is 83.1 Å². The Bertz CT molecular complexity index is 1070. The van der Waals surface area contributed by atoms with Crippen LogP contribution in [0.1, 0.15) is 31.1 Å². The quantitative estimate of drug-likeness (QED) is 0.254. The van der Waals surface area contributed by atoms with Crippen LogP contribution in [0.4, 0.5) is 17.1 Å². The summed E-state index contributed by atoms with van der Waals surface area (Å²) in [7, 11) is 0. The fourth-order valence-electron chi connectivity index (χ4n) is 2.44. The minimum Gasteiger partial charge on any atom is -0.477 e. The van der Waals surface area contributed by atoms with Crippen LogP contribution in [0, 0.1) is 79.7 Å². The van der Waals surface area contributed by atoms with E-state index in [1.54, 1.807) is 0 Å². The number of hydrogen-bond acceptors (Lipinski definition) is 9. The van der Waals surface area contributed by atoms with Crippen molar-refractivity contribution in [1.29, 1.82) is 0 Å². The van der Waals surface area contributed by atoms with E-state index in [1.165, 1.54) is 54.6 Å². The second-order valence-corrected chi connectivity index (χ2v) is 6.24. The molecule has 3 rings (SSSR count). The Morgan fingerprint density at radius 3 is 0.811 bits per heavy atom. The van der Waals surface area contributed by atoms with E-state index >= 15 is 0 Å². The SMILES string of the molecule is O=C(O)c1ccccc1[N+](=O)[O-].O=C(O)c1ccccc1[N+](=O)[O-].O=C(O)c1ccccc1[N+](=O)[O-].[Eu]. The Kier molecular flexibility index (Phi) is 14.0. The van der Waals surface area contributed by atoms with Crippen LogP contribution in [0.2, 0.25) is 0 Å². The van der Waals surface area contributed by atoms with Crippen molar-refractivity contribution in [2.45, 2.75) is 0 Å². The molecule has 0 aromatic heterocycles. The number of nitrogens with zero attached hydrogens (tertiary/aromatic N) is 3. The van der Waals surface area contributed by atoms with Crippen molar-refractivity contribution in [3.63, 3.8) is 0 Å². The van der Waals surface area contributed by atoms with Gasteiger partial charge < -0.3 is 15.3 Å². The molecule has 0 spiro atoms. The maximum atomic E-state index is 10.4. The number of carbonyl (C=O) groups is 3. The maximum absolute atomic E-state index is 10.4. The number of nitro benzene ring substituents is 3. The number of aromatic carboxylic acids is 3. The topological polar surface area (TPSA) is 241 Å². The minimum atomic E-state index is -1.29. The molecule has 3 aromatic rings. The predicted octanol–water partition coefficient (Wildman–Crippen LogP) is 3.88.